The van der Waals surface area contributed by atoms with Gasteiger partial charge in [-0.25, -0.2) is 4.98 Å². The molecule has 1 N–H and O–H groups in total. The van der Waals surface area contributed by atoms with Gasteiger partial charge in [0, 0.05) is 21.1 Å². The summed E-state index contributed by atoms with van der Waals surface area (Å²) in [6.07, 6.45) is 0. The number of fused-ring (bicyclic) bond motifs is 1. The van der Waals surface area contributed by atoms with E-state index in [0.717, 1.165) is 43.8 Å². The van der Waals surface area contributed by atoms with Crippen LogP contribution < -0.4 is 10.1 Å². The Morgan fingerprint density at radius 2 is 1.62 bits per heavy atom. The molecule has 128 valence electrons. The van der Waals surface area contributed by atoms with E-state index in [0.29, 0.717) is 0 Å². The Kier molecular flexibility index (Phi) is 4.59. The number of anilines is 2. The van der Waals surface area contributed by atoms with Gasteiger partial charge in [-0.2, -0.15) is 0 Å². The zero-order valence-corrected chi connectivity index (χ0v) is 15.8. The maximum absolute atomic E-state index is 5.25. The van der Waals surface area contributed by atoms with Crippen molar-refractivity contribution in [1.82, 2.24) is 4.98 Å². The highest BCUT2D eigenvalue weighted by atomic mass is 79.9. The van der Waals surface area contributed by atoms with E-state index in [1.54, 1.807) is 7.11 Å². The molecule has 4 rings (SSSR count). The molecule has 0 spiro atoms. The zero-order valence-electron chi connectivity index (χ0n) is 14.2. The first-order chi connectivity index (χ1) is 12.7. The Morgan fingerprint density at radius 1 is 0.885 bits per heavy atom. The summed E-state index contributed by atoms with van der Waals surface area (Å²) in [6.45, 7) is 0. The Labute approximate surface area is 160 Å². The molecule has 4 heteroatoms. The smallest absolute Gasteiger partial charge is 0.118 e. The molecule has 3 nitrogen and oxygen atoms in total. The fourth-order valence-corrected chi connectivity index (χ4v) is 3.14. The number of ether oxygens (including phenoxy) is 1. The molecule has 0 saturated carbocycles. The number of halogens is 1. The summed E-state index contributed by atoms with van der Waals surface area (Å²) in [4.78, 5) is 4.83. The topological polar surface area (TPSA) is 34.1 Å². The van der Waals surface area contributed by atoms with Crippen LogP contribution in [-0.2, 0) is 0 Å². The first-order valence-corrected chi connectivity index (χ1v) is 9.09. The van der Waals surface area contributed by atoms with Crippen LogP contribution in [0.5, 0.6) is 5.75 Å². The lowest BCUT2D eigenvalue weighted by Crippen LogP contribution is -1.95. The summed E-state index contributed by atoms with van der Waals surface area (Å²) in [5.41, 5.74) is 5.00. The van der Waals surface area contributed by atoms with Gasteiger partial charge in [0.05, 0.1) is 24.0 Å². The van der Waals surface area contributed by atoms with Gasteiger partial charge >= 0.3 is 0 Å². The van der Waals surface area contributed by atoms with Crippen molar-refractivity contribution in [2.75, 3.05) is 12.4 Å². The van der Waals surface area contributed by atoms with E-state index in [4.69, 9.17) is 9.72 Å². The summed E-state index contributed by atoms with van der Waals surface area (Å²) in [6, 6.07) is 26.4. The van der Waals surface area contributed by atoms with Crippen LogP contribution in [0.25, 0.3) is 22.2 Å². The average molecular weight is 405 g/mol. The molecule has 0 atom stereocenters. The van der Waals surface area contributed by atoms with Crippen molar-refractivity contribution in [3.63, 3.8) is 0 Å². The van der Waals surface area contributed by atoms with Crippen LogP contribution in [0.2, 0.25) is 0 Å². The molecule has 0 saturated heterocycles. The predicted molar refractivity (Wildman–Crippen MR) is 111 cm³/mol. The fraction of sp³-hybridized carbons (Fsp3) is 0.0455. The van der Waals surface area contributed by atoms with Gasteiger partial charge in [-0.1, -0.05) is 34.1 Å². The molecule has 0 fully saturated rings. The Hall–Kier alpha value is -2.85. The first kappa shape index (κ1) is 16.6. The molecular weight excluding hydrogens is 388 g/mol. The SMILES string of the molecule is COc1ccc(-c2cc(Nc3ccc(Br)cc3)c3ccccc3n2)cc1. The van der Waals surface area contributed by atoms with Gasteiger partial charge in [0.25, 0.3) is 0 Å². The Balaban J connectivity index is 1.80. The van der Waals surface area contributed by atoms with Crippen molar-refractivity contribution in [3.05, 3.63) is 83.3 Å². The third-order valence-electron chi connectivity index (χ3n) is 4.23. The number of hydrogen-bond donors (Lipinski definition) is 1. The maximum atomic E-state index is 5.25. The summed E-state index contributed by atoms with van der Waals surface area (Å²) in [5.74, 6) is 0.836. The van der Waals surface area contributed by atoms with Crippen molar-refractivity contribution >= 4 is 38.2 Å². The van der Waals surface area contributed by atoms with Gasteiger partial charge < -0.3 is 10.1 Å². The molecule has 0 aliphatic carbocycles. The minimum absolute atomic E-state index is 0.836. The third kappa shape index (κ3) is 3.41. The molecule has 1 aromatic heterocycles. The van der Waals surface area contributed by atoms with Gasteiger partial charge in [0.1, 0.15) is 5.75 Å². The van der Waals surface area contributed by atoms with Crippen LogP contribution in [0.1, 0.15) is 0 Å². The molecule has 1 heterocycles. The monoisotopic (exact) mass is 404 g/mol. The van der Waals surface area contributed by atoms with Gasteiger partial charge in [-0.05, 0) is 60.7 Å². The standard InChI is InChI=1S/C22H17BrN2O/c1-26-18-12-6-15(7-13-18)21-14-22(19-4-2-3-5-20(19)25-21)24-17-10-8-16(23)9-11-17/h2-14H,1H3,(H,24,25). The first-order valence-electron chi connectivity index (χ1n) is 8.30. The largest absolute Gasteiger partial charge is 0.497 e. The molecule has 0 aliphatic rings. The van der Waals surface area contributed by atoms with E-state index < -0.39 is 0 Å². The van der Waals surface area contributed by atoms with Crippen LogP contribution in [0.3, 0.4) is 0 Å². The molecule has 3 aromatic carbocycles. The number of para-hydroxylation sites is 1. The summed E-state index contributed by atoms with van der Waals surface area (Å²) >= 11 is 3.48. The third-order valence-corrected chi connectivity index (χ3v) is 4.75. The highest BCUT2D eigenvalue weighted by Crippen LogP contribution is 2.31. The van der Waals surface area contributed by atoms with Crippen molar-refractivity contribution in [3.8, 4) is 17.0 Å². The number of rotatable bonds is 4. The average Bonchev–Trinajstić information content (AvgIpc) is 2.69. The number of methoxy groups -OCH3 is 1. The number of nitrogens with zero attached hydrogens (tertiary/aromatic N) is 1. The second-order valence-corrected chi connectivity index (χ2v) is 6.85. The van der Waals surface area contributed by atoms with Crippen molar-refractivity contribution in [2.45, 2.75) is 0 Å². The van der Waals surface area contributed by atoms with E-state index >= 15 is 0 Å². The number of hydrogen-bond acceptors (Lipinski definition) is 3. The number of aromatic nitrogens is 1. The van der Waals surface area contributed by atoms with Crippen LogP contribution in [0.4, 0.5) is 11.4 Å². The maximum Gasteiger partial charge on any atom is 0.118 e. The van der Waals surface area contributed by atoms with Crippen molar-refractivity contribution in [2.24, 2.45) is 0 Å². The fourth-order valence-electron chi connectivity index (χ4n) is 2.88. The van der Waals surface area contributed by atoms with E-state index in [-0.39, 0.29) is 0 Å². The van der Waals surface area contributed by atoms with Gasteiger partial charge in [0.2, 0.25) is 0 Å². The minimum Gasteiger partial charge on any atom is -0.497 e. The molecule has 26 heavy (non-hydrogen) atoms. The molecule has 0 amide bonds. The highest BCUT2D eigenvalue weighted by molar-refractivity contribution is 9.10. The second kappa shape index (κ2) is 7.18. The highest BCUT2D eigenvalue weighted by Gasteiger charge is 2.08. The van der Waals surface area contributed by atoms with Gasteiger partial charge in [-0.3, -0.25) is 0 Å². The molecule has 0 unspecified atom stereocenters. The van der Waals surface area contributed by atoms with Gasteiger partial charge in [-0.15, -0.1) is 0 Å². The molecule has 0 radical (unpaired) electrons. The molecule has 0 aliphatic heterocycles. The molecular formula is C22H17BrN2O. The van der Waals surface area contributed by atoms with E-state index in [9.17, 15) is 0 Å². The van der Waals surface area contributed by atoms with E-state index in [1.807, 2.05) is 66.7 Å². The van der Waals surface area contributed by atoms with Gasteiger partial charge in [0.15, 0.2) is 0 Å². The lowest BCUT2D eigenvalue weighted by Gasteiger charge is -2.12. The number of pyridine rings is 1. The predicted octanol–water partition coefficient (Wildman–Crippen LogP) is 6.42. The van der Waals surface area contributed by atoms with Crippen LogP contribution in [0.15, 0.2) is 83.3 Å². The summed E-state index contributed by atoms with van der Waals surface area (Å²) < 4.78 is 6.31. The molecule has 4 aromatic rings. The van der Waals surface area contributed by atoms with E-state index in [1.165, 1.54) is 0 Å². The van der Waals surface area contributed by atoms with Crippen LogP contribution in [0, 0.1) is 0 Å². The zero-order chi connectivity index (χ0) is 17.9. The van der Waals surface area contributed by atoms with Crippen LogP contribution >= 0.6 is 15.9 Å². The lowest BCUT2D eigenvalue weighted by molar-refractivity contribution is 0.415. The number of nitrogens with one attached hydrogen (secondary N) is 1. The summed E-state index contributed by atoms with van der Waals surface area (Å²) in [5, 5.41) is 4.61. The normalized spacial score (nSPS) is 10.7. The second-order valence-electron chi connectivity index (χ2n) is 5.93. The lowest BCUT2D eigenvalue weighted by atomic mass is 10.1. The van der Waals surface area contributed by atoms with Crippen LogP contribution in [-0.4, -0.2) is 12.1 Å². The summed E-state index contributed by atoms with van der Waals surface area (Å²) in [7, 11) is 1.67. The van der Waals surface area contributed by atoms with E-state index in [2.05, 4.69) is 33.4 Å². The minimum atomic E-state index is 0.836. The Bertz CT molecular complexity index is 1040. The Morgan fingerprint density at radius 3 is 2.35 bits per heavy atom. The molecule has 0 bridgehead atoms. The quantitative estimate of drug-likeness (QED) is 0.426. The number of benzene rings is 3. The van der Waals surface area contributed by atoms with Crippen molar-refractivity contribution < 1.29 is 4.74 Å². The van der Waals surface area contributed by atoms with Crippen molar-refractivity contribution in [1.29, 1.82) is 0 Å².